The summed E-state index contributed by atoms with van der Waals surface area (Å²) in [5.41, 5.74) is 6.04. The number of para-hydroxylation sites is 1. The van der Waals surface area contributed by atoms with Crippen molar-refractivity contribution >= 4 is 29.0 Å². The van der Waals surface area contributed by atoms with Crippen LogP contribution in [0, 0.1) is 20.8 Å². The first-order valence-electron chi connectivity index (χ1n) is 13.6. The molecule has 3 rings (SSSR count). The topological polar surface area (TPSA) is 62.2 Å². The largest absolute Gasteiger partial charge is 0.382 e. The number of thioether (sulfide) groups is 1. The monoisotopic (exact) mass is 545 g/mol. The highest BCUT2D eigenvalue weighted by molar-refractivity contribution is 7.98. The average Bonchev–Trinajstić information content (AvgIpc) is 2.92. The second kappa shape index (κ2) is 14.6. The van der Waals surface area contributed by atoms with Gasteiger partial charge in [0.05, 0.1) is 11.4 Å². The van der Waals surface area contributed by atoms with E-state index in [4.69, 9.17) is 0 Å². The molecule has 0 saturated heterocycles. The van der Waals surface area contributed by atoms with E-state index < -0.39 is 0 Å². The van der Waals surface area contributed by atoms with Crippen molar-refractivity contribution in [1.29, 1.82) is 0 Å². The summed E-state index contributed by atoms with van der Waals surface area (Å²) < 4.78 is 1.78. The molecule has 2 N–H and O–H groups in total. The van der Waals surface area contributed by atoms with Gasteiger partial charge in [-0.2, -0.15) is 0 Å². The number of nitrogens with zero attached hydrogens (tertiary/aromatic N) is 3. The van der Waals surface area contributed by atoms with Crippen LogP contribution < -0.4 is 21.1 Å². The number of pyridine rings is 1. The molecular weight excluding hydrogens is 502 g/mol. The summed E-state index contributed by atoms with van der Waals surface area (Å²) in [6.07, 6.45) is 4.88. The number of anilines is 3. The Balaban J connectivity index is 2.03. The van der Waals surface area contributed by atoms with Crippen molar-refractivity contribution in [1.82, 2.24) is 9.55 Å². The van der Waals surface area contributed by atoms with Gasteiger partial charge < -0.3 is 15.5 Å². The normalized spacial score (nSPS) is 11.5. The molecule has 2 aromatic heterocycles. The van der Waals surface area contributed by atoms with E-state index in [1.807, 2.05) is 39.1 Å². The van der Waals surface area contributed by atoms with E-state index >= 15 is 0 Å². The Morgan fingerprint density at radius 3 is 2.46 bits per heavy atom. The van der Waals surface area contributed by atoms with Gasteiger partial charge >= 0.3 is 0 Å². The fourth-order valence-electron chi connectivity index (χ4n) is 4.68. The van der Waals surface area contributed by atoms with Crippen LogP contribution in [0.5, 0.6) is 0 Å². The van der Waals surface area contributed by atoms with Gasteiger partial charge in [-0.15, -0.1) is 11.8 Å². The van der Waals surface area contributed by atoms with Gasteiger partial charge in [0.2, 0.25) is 0 Å². The Morgan fingerprint density at radius 1 is 1.00 bits per heavy atom. The smallest absolute Gasteiger partial charge is 0.254 e. The molecule has 0 saturated carbocycles. The van der Waals surface area contributed by atoms with Gasteiger partial charge in [0.1, 0.15) is 5.82 Å². The second-order valence-corrected chi connectivity index (χ2v) is 10.7. The number of benzene rings is 1. The summed E-state index contributed by atoms with van der Waals surface area (Å²) in [6.45, 7) is 12.6. The maximum atomic E-state index is 13.4. The molecule has 1 atom stereocenters. The lowest BCUT2D eigenvalue weighted by molar-refractivity contribution is 0.719. The SMILES string of the molecule is CCCN(CCNc1cccnc1C)c1ccc([C@@H](C)Nc2ccccc2SC)cc(C)cc(C)c(=O)n1C. The number of aryl methyl sites for hydroxylation is 3. The fraction of sp³-hybridized carbons (Fsp3) is 0.375. The molecule has 0 aliphatic rings. The van der Waals surface area contributed by atoms with Crippen LogP contribution in [0.25, 0.3) is 0 Å². The Morgan fingerprint density at radius 2 is 1.74 bits per heavy atom. The Kier molecular flexibility index (Phi) is 11.3. The van der Waals surface area contributed by atoms with Crippen LogP contribution >= 0.6 is 11.8 Å². The average molecular weight is 546 g/mol. The van der Waals surface area contributed by atoms with Crippen molar-refractivity contribution < 1.29 is 0 Å². The quantitative estimate of drug-likeness (QED) is 0.252. The molecule has 0 aliphatic heterocycles. The van der Waals surface area contributed by atoms with Gasteiger partial charge in [0.15, 0.2) is 0 Å². The molecule has 0 aliphatic carbocycles. The third-order valence-corrected chi connectivity index (χ3v) is 7.55. The van der Waals surface area contributed by atoms with Crippen molar-refractivity contribution in [3.63, 3.8) is 0 Å². The first kappa shape index (κ1) is 30.1. The summed E-state index contributed by atoms with van der Waals surface area (Å²) in [5, 5.41) is 7.21. The zero-order chi connectivity index (χ0) is 28.4. The molecule has 0 spiro atoms. The number of rotatable bonds is 11. The molecule has 0 bridgehead atoms. The molecule has 0 unspecified atom stereocenters. The third-order valence-electron chi connectivity index (χ3n) is 6.75. The Labute approximate surface area is 238 Å². The molecule has 2 heterocycles. The Hall–Kier alpha value is -3.45. The minimum atomic E-state index is 0.00286. The predicted molar refractivity (Wildman–Crippen MR) is 169 cm³/mol. The zero-order valence-corrected chi connectivity index (χ0v) is 25.2. The first-order chi connectivity index (χ1) is 18.7. The van der Waals surface area contributed by atoms with E-state index in [9.17, 15) is 4.79 Å². The van der Waals surface area contributed by atoms with Gasteiger partial charge in [-0.25, -0.2) is 0 Å². The van der Waals surface area contributed by atoms with Gasteiger partial charge in [0.25, 0.3) is 5.56 Å². The van der Waals surface area contributed by atoms with Gasteiger partial charge in [-0.1, -0.05) is 42.8 Å². The van der Waals surface area contributed by atoms with Crippen molar-refractivity contribution in [3.8, 4) is 0 Å². The highest BCUT2D eigenvalue weighted by Gasteiger charge is 2.12. The molecule has 39 heavy (non-hydrogen) atoms. The summed E-state index contributed by atoms with van der Waals surface area (Å²) in [6, 6.07) is 20.8. The minimum absolute atomic E-state index is 0.00286. The molecule has 0 radical (unpaired) electrons. The third kappa shape index (κ3) is 8.27. The summed E-state index contributed by atoms with van der Waals surface area (Å²) in [4.78, 5) is 21.3. The molecule has 3 aromatic rings. The predicted octanol–water partition coefficient (Wildman–Crippen LogP) is 7.05. The van der Waals surface area contributed by atoms with Crippen LogP contribution in [0.3, 0.4) is 0 Å². The molecular formula is C32H43N5OS. The van der Waals surface area contributed by atoms with Crippen LogP contribution in [0.15, 0.2) is 76.6 Å². The van der Waals surface area contributed by atoms with Gasteiger partial charge in [-0.05, 0) is 76.3 Å². The van der Waals surface area contributed by atoms with E-state index in [1.54, 1.807) is 22.5 Å². The lowest BCUT2D eigenvalue weighted by Crippen LogP contribution is -2.34. The van der Waals surface area contributed by atoms with Crippen molar-refractivity contribution in [2.75, 3.05) is 41.4 Å². The van der Waals surface area contributed by atoms with Crippen LogP contribution in [0.2, 0.25) is 0 Å². The van der Waals surface area contributed by atoms with Crippen molar-refractivity contribution in [2.24, 2.45) is 7.05 Å². The molecule has 0 amide bonds. The lowest BCUT2D eigenvalue weighted by atomic mass is 10.1. The summed E-state index contributed by atoms with van der Waals surface area (Å²) in [7, 11) is 1.87. The maximum absolute atomic E-state index is 13.4. The maximum Gasteiger partial charge on any atom is 0.254 e. The highest BCUT2D eigenvalue weighted by atomic mass is 32.2. The zero-order valence-electron chi connectivity index (χ0n) is 24.4. The fourth-order valence-corrected chi connectivity index (χ4v) is 5.24. The Bertz CT molecular complexity index is 1370. The number of hydrogen-bond acceptors (Lipinski definition) is 6. The van der Waals surface area contributed by atoms with Gasteiger partial charge in [0, 0.05) is 55.1 Å². The molecule has 0 fully saturated rings. The molecule has 208 valence electrons. The summed E-state index contributed by atoms with van der Waals surface area (Å²) >= 11 is 1.74. The van der Waals surface area contributed by atoms with Crippen LogP contribution in [-0.2, 0) is 7.05 Å². The highest BCUT2D eigenvalue weighted by Crippen LogP contribution is 2.28. The van der Waals surface area contributed by atoms with Crippen LogP contribution in [-0.4, -0.2) is 35.4 Å². The van der Waals surface area contributed by atoms with E-state index in [0.29, 0.717) is 5.56 Å². The first-order valence-corrected chi connectivity index (χ1v) is 14.8. The van der Waals surface area contributed by atoms with Crippen LogP contribution in [0.4, 0.5) is 17.2 Å². The molecule has 7 heteroatoms. The van der Waals surface area contributed by atoms with E-state index in [0.717, 1.165) is 60.1 Å². The van der Waals surface area contributed by atoms with Gasteiger partial charge in [-0.3, -0.25) is 14.3 Å². The van der Waals surface area contributed by atoms with Crippen molar-refractivity contribution in [2.45, 2.75) is 52.0 Å². The molecule has 1 aromatic carbocycles. The van der Waals surface area contributed by atoms with Crippen molar-refractivity contribution in [3.05, 3.63) is 99.6 Å². The standard InChI is InChI=1S/C32H43N5OS/c1-8-19-37(20-18-34-28-13-11-17-33-26(28)5)31-16-15-27(22-23(2)21-24(3)32(38)36(31)6)25(4)35-29-12-9-10-14-30(29)39-7/h9-17,21-22,25,34-35H,8,18-20H2,1-7H3/t25-/m1/s1. The van der Waals surface area contributed by atoms with E-state index in [2.05, 4.69) is 90.0 Å². The number of aromatic nitrogens is 2. The number of nitrogens with one attached hydrogen (secondary N) is 2. The summed E-state index contributed by atoms with van der Waals surface area (Å²) in [5.74, 6) is 0.890. The number of hydrogen-bond donors (Lipinski definition) is 2. The second-order valence-electron chi connectivity index (χ2n) is 9.89. The lowest BCUT2D eigenvalue weighted by Gasteiger charge is -2.26. The molecule has 6 nitrogen and oxygen atoms in total. The minimum Gasteiger partial charge on any atom is -0.382 e. The van der Waals surface area contributed by atoms with Crippen LogP contribution in [0.1, 0.15) is 48.7 Å². The van der Waals surface area contributed by atoms with E-state index in [-0.39, 0.29) is 11.6 Å². The van der Waals surface area contributed by atoms with E-state index in [1.165, 1.54) is 4.90 Å².